The van der Waals surface area contributed by atoms with E-state index in [2.05, 4.69) is 25.7 Å². The van der Waals surface area contributed by atoms with E-state index in [1.807, 2.05) is 6.92 Å². The second kappa shape index (κ2) is 6.75. The highest BCUT2D eigenvalue weighted by molar-refractivity contribution is 4.80. The zero-order valence-corrected chi connectivity index (χ0v) is 12.2. The van der Waals surface area contributed by atoms with Gasteiger partial charge in [0.2, 0.25) is 0 Å². The van der Waals surface area contributed by atoms with Gasteiger partial charge < -0.3 is 10.0 Å². The summed E-state index contributed by atoms with van der Waals surface area (Å²) >= 11 is 0. The maximum atomic E-state index is 9.20. The first-order valence-corrected chi connectivity index (χ1v) is 7.30. The van der Waals surface area contributed by atoms with Crippen molar-refractivity contribution in [1.82, 2.24) is 4.90 Å². The Kier molecular flexibility index (Phi) is 5.94. The molecule has 1 rings (SSSR count). The minimum Gasteiger partial charge on any atom is -0.393 e. The molecule has 0 amide bonds. The second-order valence-corrected chi connectivity index (χ2v) is 6.83. The summed E-state index contributed by atoms with van der Waals surface area (Å²) < 4.78 is 0. The number of aliphatic hydroxyl groups is 1. The highest BCUT2D eigenvalue weighted by Gasteiger charge is 2.28. The molecule has 0 saturated carbocycles. The number of nitrogens with zero attached hydrogens (tertiary/aromatic N) is 1. The fraction of sp³-hybridized carbons (Fsp3) is 1.00. The first-order chi connectivity index (χ1) is 7.89. The minimum atomic E-state index is -0.123. The van der Waals surface area contributed by atoms with E-state index in [0.717, 1.165) is 18.8 Å². The molecule has 1 aliphatic heterocycles. The van der Waals surface area contributed by atoms with Crippen LogP contribution in [0.25, 0.3) is 0 Å². The fourth-order valence-corrected chi connectivity index (χ4v) is 2.80. The molecule has 1 heterocycles. The molecule has 0 aliphatic carbocycles. The first-order valence-electron chi connectivity index (χ1n) is 7.30. The van der Waals surface area contributed by atoms with Crippen LogP contribution in [0.4, 0.5) is 0 Å². The van der Waals surface area contributed by atoms with Gasteiger partial charge in [-0.3, -0.25) is 0 Å². The summed E-state index contributed by atoms with van der Waals surface area (Å²) in [5.41, 5.74) is 0.485. The number of piperidine rings is 1. The van der Waals surface area contributed by atoms with Crippen molar-refractivity contribution in [3.8, 4) is 0 Å². The highest BCUT2D eigenvalue weighted by Crippen LogP contribution is 2.34. The van der Waals surface area contributed by atoms with Crippen LogP contribution in [0.1, 0.15) is 59.8 Å². The molecule has 0 spiro atoms. The molecule has 0 aromatic rings. The smallest absolute Gasteiger partial charge is 0.0512 e. The molecule has 1 N–H and O–H groups in total. The third kappa shape index (κ3) is 5.87. The monoisotopic (exact) mass is 241 g/mol. The fourth-order valence-electron chi connectivity index (χ4n) is 2.80. The Morgan fingerprint density at radius 3 is 2.24 bits per heavy atom. The van der Waals surface area contributed by atoms with E-state index < -0.39 is 0 Å². The van der Waals surface area contributed by atoms with Crippen molar-refractivity contribution < 1.29 is 5.11 Å². The quantitative estimate of drug-likeness (QED) is 0.747. The third-order valence-corrected chi connectivity index (χ3v) is 4.16. The number of likely N-dealkylation sites (tertiary alicyclic amines) is 1. The Balaban J connectivity index is 2.11. The Bertz CT molecular complexity index is 199. The van der Waals surface area contributed by atoms with Gasteiger partial charge in [0.1, 0.15) is 0 Å². The molecule has 1 fully saturated rings. The maximum absolute atomic E-state index is 9.20. The molecule has 0 bridgehead atoms. The zero-order valence-electron chi connectivity index (χ0n) is 12.2. The predicted octanol–water partition coefficient (Wildman–Crippen LogP) is 3.30. The van der Waals surface area contributed by atoms with Gasteiger partial charge in [0.15, 0.2) is 0 Å². The molecule has 1 atom stereocenters. The summed E-state index contributed by atoms with van der Waals surface area (Å²) in [6, 6.07) is 0. The van der Waals surface area contributed by atoms with Crippen LogP contribution in [0.15, 0.2) is 0 Å². The maximum Gasteiger partial charge on any atom is 0.0512 e. The highest BCUT2D eigenvalue weighted by atomic mass is 16.3. The van der Waals surface area contributed by atoms with Crippen LogP contribution in [0, 0.1) is 11.3 Å². The van der Waals surface area contributed by atoms with E-state index in [1.165, 1.54) is 38.9 Å². The largest absolute Gasteiger partial charge is 0.393 e. The van der Waals surface area contributed by atoms with Crippen LogP contribution in [0.5, 0.6) is 0 Å². The SMILES string of the molecule is CC(O)CCCCN1CCC(C(C)(C)C)CC1. The van der Waals surface area contributed by atoms with E-state index in [-0.39, 0.29) is 6.10 Å². The lowest BCUT2D eigenvalue weighted by Crippen LogP contribution is -2.38. The van der Waals surface area contributed by atoms with E-state index in [9.17, 15) is 5.11 Å². The lowest BCUT2D eigenvalue weighted by Gasteiger charge is -2.38. The van der Waals surface area contributed by atoms with Crippen molar-refractivity contribution >= 4 is 0 Å². The molecule has 0 aromatic heterocycles. The molecule has 17 heavy (non-hydrogen) atoms. The number of hydrogen-bond acceptors (Lipinski definition) is 2. The van der Waals surface area contributed by atoms with Crippen molar-refractivity contribution in [1.29, 1.82) is 0 Å². The minimum absolute atomic E-state index is 0.123. The van der Waals surface area contributed by atoms with Crippen molar-refractivity contribution in [2.75, 3.05) is 19.6 Å². The van der Waals surface area contributed by atoms with Crippen LogP contribution in [-0.4, -0.2) is 35.7 Å². The van der Waals surface area contributed by atoms with Gasteiger partial charge in [-0.15, -0.1) is 0 Å². The Morgan fingerprint density at radius 1 is 1.18 bits per heavy atom. The number of rotatable bonds is 5. The summed E-state index contributed by atoms with van der Waals surface area (Å²) in [5, 5.41) is 9.20. The van der Waals surface area contributed by atoms with Gasteiger partial charge in [-0.1, -0.05) is 20.8 Å². The molecule has 1 saturated heterocycles. The number of aliphatic hydroxyl groups excluding tert-OH is 1. The van der Waals surface area contributed by atoms with Gasteiger partial charge in [-0.2, -0.15) is 0 Å². The van der Waals surface area contributed by atoms with Gasteiger partial charge in [0.25, 0.3) is 0 Å². The summed E-state index contributed by atoms with van der Waals surface area (Å²) in [6.45, 7) is 12.8. The van der Waals surface area contributed by atoms with Crippen molar-refractivity contribution in [2.24, 2.45) is 11.3 Å². The molecule has 102 valence electrons. The van der Waals surface area contributed by atoms with Gasteiger partial charge in [0, 0.05) is 0 Å². The molecule has 2 heteroatoms. The van der Waals surface area contributed by atoms with E-state index in [1.54, 1.807) is 0 Å². The van der Waals surface area contributed by atoms with Crippen molar-refractivity contribution in [2.45, 2.75) is 65.9 Å². The number of hydrogen-bond donors (Lipinski definition) is 1. The molecule has 0 aromatic carbocycles. The van der Waals surface area contributed by atoms with Gasteiger partial charge in [0.05, 0.1) is 6.10 Å². The van der Waals surface area contributed by atoms with Crippen LogP contribution < -0.4 is 0 Å². The molecular weight excluding hydrogens is 210 g/mol. The molecule has 1 aliphatic rings. The normalized spacial score (nSPS) is 21.7. The van der Waals surface area contributed by atoms with Crippen molar-refractivity contribution in [3.05, 3.63) is 0 Å². The standard InChI is InChI=1S/C15H31NO/c1-13(17)7-5-6-10-16-11-8-14(9-12-16)15(2,3)4/h13-14,17H,5-12H2,1-4H3. The summed E-state index contributed by atoms with van der Waals surface area (Å²) in [5.74, 6) is 0.899. The third-order valence-electron chi connectivity index (χ3n) is 4.16. The van der Waals surface area contributed by atoms with Crippen molar-refractivity contribution in [3.63, 3.8) is 0 Å². The predicted molar refractivity (Wildman–Crippen MR) is 74.2 cm³/mol. The summed E-state index contributed by atoms with van der Waals surface area (Å²) in [4.78, 5) is 2.60. The van der Waals surface area contributed by atoms with Crippen LogP contribution in [0.3, 0.4) is 0 Å². The van der Waals surface area contributed by atoms with Crippen LogP contribution >= 0.6 is 0 Å². The van der Waals surface area contributed by atoms with E-state index in [0.29, 0.717) is 5.41 Å². The van der Waals surface area contributed by atoms with Gasteiger partial charge in [-0.05, 0) is 70.0 Å². The molecule has 2 nitrogen and oxygen atoms in total. The average Bonchev–Trinajstić information content (AvgIpc) is 2.23. The average molecular weight is 241 g/mol. The Hall–Kier alpha value is -0.0800. The summed E-state index contributed by atoms with van der Waals surface area (Å²) in [7, 11) is 0. The van der Waals surface area contributed by atoms with Crippen LogP contribution in [0.2, 0.25) is 0 Å². The number of unbranched alkanes of at least 4 members (excludes halogenated alkanes) is 1. The Morgan fingerprint density at radius 2 is 1.76 bits per heavy atom. The Labute approximate surface area is 107 Å². The van der Waals surface area contributed by atoms with E-state index in [4.69, 9.17) is 0 Å². The van der Waals surface area contributed by atoms with E-state index >= 15 is 0 Å². The van der Waals surface area contributed by atoms with Gasteiger partial charge in [-0.25, -0.2) is 0 Å². The molecule has 0 radical (unpaired) electrons. The van der Waals surface area contributed by atoms with Crippen LogP contribution in [-0.2, 0) is 0 Å². The lowest BCUT2D eigenvalue weighted by atomic mass is 9.75. The molecular formula is C15H31NO. The lowest BCUT2D eigenvalue weighted by molar-refractivity contribution is 0.109. The topological polar surface area (TPSA) is 23.5 Å². The second-order valence-electron chi connectivity index (χ2n) is 6.83. The molecule has 1 unspecified atom stereocenters. The zero-order chi connectivity index (χ0) is 12.9. The summed E-state index contributed by atoms with van der Waals surface area (Å²) in [6.07, 6.45) is 5.96. The first kappa shape index (κ1) is 15.0. The van der Waals surface area contributed by atoms with Gasteiger partial charge >= 0.3 is 0 Å².